The molecule has 0 saturated carbocycles. The summed E-state index contributed by atoms with van der Waals surface area (Å²) in [5, 5.41) is 9.16. The molecular weight excluding hydrogens is 340 g/mol. The van der Waals surface area contributed by atoms with Gasteiger partial charge in [0.15, 0.2) is 0 Å². The van der Waals surface area contributed by atoms with Crippen molar-refractivity contribution in [2.75, 3.05) is 24.5 Å². The number of amides is 2. The van der Waals surface area contributed by atoms with Crippen LogP contribution in [0.5, 0.6) is 0 Å². The predicted molar refractivity (Wildman–Crippen MR) is 95.4 cm³/mol. The molecule has 0 aliphatic carbocycles. The van der Waals surface area contributed by atoms with Crippen LogP contribution in [-0.4, -0.2) is 42.4 Å². The summed E-state index contributed by atoms with van der Waals surface area (Å²) in [6, 6.07) is 7.60. The summed E-state index contributed by atoms with van der Waals surface area (Å²) in [5.74, 6) is -0.578. The molecule has 7 heteroatoms. The number of rotatable bonds is 3. The highest BCUT2D eigenvalue weighted by molar-refractivity contribution is 6.07. The lowest BCUT2D eigenvalue weighted by Crippen LogP contribution is -2.58. The van der Waals surface area contributed by atoms with Crippen LogP contribution in [0.15, 0.2) is 18.2 Å². The van der Waals surface area contributed by atoms with Crippen LogP contribution in [0.4, 0.5) is 5.69 Å². The number of anilines is 1. The summed E-state index contributed by atoms with van der Waals surface area (Å²) < 4.78 is 0. The third-order valence-electron chi connectivity index (χ3n) is 5.69. The molecule has 25 heavy (non-hydrogen) atoms. The number of nitrogens with two attached hydrogens (primary N) is 1. The van der Waals surface area contributed by atoms with Gasteiger partial charge in [0.2, 0.25) is 11.8 Å². The molecule has 2 amide bonds. The van der Waals surface area contributed by atoms with Gasteiger partial charge in [-0.3, -0.25) is 9.59 Å². The second-order valence-corrected chi connectivity index (χ2v) is 7.02. The van der Waals surface area contributed by atoms with Gasteiger partial charge in [-0.2, -0.15) is 5.26 Å². The van der Waals surface area contributed by atoms with Gasteiger partial charge in [-0.15, -0.1) is 12.4 Å². The number of carbonyl (C=O) groups is 2. The molecule has 4 aliphatic heterocycles. The number of halogens is 1. The molecule has 0 radical (unpaired) electrons. The quantitative estimate of drug-likeness (QED) is 0.881. The maximum atomic E-state index is 13.1. The first-order chi connectivity index (χ1) is 11.6. The molecule has 6 nitrogen and oxygen atoms in total. The smallest absolute Gasteiger partial charge is 0.235 e. The Kier molecular flexibility index (Phi) is 4.72. The molecule has 5 rings (SSSR count). The summed E-state index contributed by atoms with van der Waals surface area (Å²) in [7, 11) is 0. The summed E-state index contributed by atoms with van der Waals surface area (Å²) >= 11 is 0. The van der Waals surface area contributed by atoms with Crippen LogP contribution in [0.2, 0.25) is 0 Å². The Hall–Kier alpha value is -2.10. The van der Waals surface area contributed by atoms with Crippen molar-refractivity contribution < 1.29 is 9.59 Å². The number of hydrogen-bond acceptors (Lipinski definition) is 4. The van der Waals surface area contributed by atoms with Crippen LogP contribution in [0.3, 0.4) is 0 Å². The van der Waals surface area contributed by atoms with E-state index in [4.69, 9.17) is 11.0 Å². The maximum absolute atomic E-state index is 13.1. The second-order valence-electron chi connectivity index (χ2n) is 7.02. The number of fused-ring (bicyclic) bond motifs is 4. The Balaban J connectivity index is 0.00000182. The highest BCUT2D eigenvalue weighted by atomic mass is 35.5. The number of piperidine rings is 3. The fourth-order valence-electron chi connectivity index (χ4n) is 4.51. The normalized spacial score (nSPS) is 29.7. The number of carbonyl (C=O) groups excluding carboxylic acids is 2. The number of primary amides is 1. The lowest BCUT2D eigenvalue weighted by Gasteiger charge is -2.48. The van der Waals surface area contributed by atoms with E-state index in [2.05, 4.69) is 11.0 Å². The molecule has 3 saturated heterocycles. The summed E-state index contributed by atoms with van der Waals surface area (Å²) in [6.07, 6.45) is 2.22. The Labute approximate surface area is 153 Å². The Morgan fingerprint density at radius 2 is 2.04 bits per heavy atom. The second kappa shape index (κ2) is 6.66. The minimum Gasteiger partial charge on any atom is -0.370 e. The average Bonchev–Trinajstić information content (AvgIpc) is 2.86. The number of nitriles is 1. The minimum absolute atomic E-state index is 0. The first-order valence-electron chi connectivity index (χ1n) is 8.46. The zero-order chi connectivity index (χ0) is 16.8. The third-order valence-corrected chi connectivity index (χ3v) is 5.69. The fraction of sp³-hybridized carbons (Fsp3) is 0.500. The predicted octanol–water partition coefficient (Wildman–Crippen LogP) is 1.38. The zero-order valence-corrected chi connectivity index (χ0v) is 14.7. The van der Waals surface area contributed by atoms with Crippen molar-refractivity contribution in [3.05, 3.63) is 29.3 Å². The van der Waals surface area contributed by atoms with Gasteiger partial charge in [-0.25, -0.2) is 0 Å². The summed E-state index contributed by atoms with van der Waals surface area (Å²) in [6.45, 7) is 3.10. The van der Waals surface area contributed by atoms with Gasteiger partial charge in [0.25, 0.3) is 0 Å². The van der Waals surface area contributed by atoms with Gasteiger partial charge < -0.3 is 15.5 Å². The van der Waals surface area contributed by atoms with Crippen LogP contribution in [0.25, 0.3) is 0 Å². The van der Waals surface area contributed by atoms with Crippen molar-refractivity contribution in [2.45, 2.75) is 31.2 Å². The van der Waals surface area contributed by atoms with Crippen molar-refractivity contribution in [1.82, 2.24) is 4.90 Å². The van der Waals surface area contributed by atoms with Crippen molar-refractivity contribution in [3.63, 3.8) is 0 Å². The molecule has 4 heterocycles. The maximum Gasteiger partial charge on any atom is 0.235 e. The molecule has 4 aliphatic rings. The van der Waals surface area contributed by atoms with Crippen molar-refractivity contribution in [3.8, 4) is 6.07 Å². The molecule has 0 aromatic heterocycles. The molecule has 3 fully saturated rings. The van der Waals surface area contributed by atoms with Gasteiger partial charge in [-0.1, -0.05) is 0 Å². The van der Waals surface area contributed by atoms with E-state index in [0.717, 1.165) is 43.7 Å². The highest BCUT2D eigenvalue weighted by Gasteiger charge is 2.46. The Morgan fingerprint density at radius 1 is 1.32 bits per heavy atom. The average molecular weight is 361 g/mol. The van der Waals surface area contributed by atoms with Crippen molar-refractivity contribution in [1.29, 1.82) is 5.26 Å². The molecule has 2 bridgehead atoms. The molecule has 2 N–H and O–H groups in total. The Bertz CT molecular complexity index is 752. The van der Waals surface area contributed by atoms with E-state index >= 15 is 0 Å². The van der Waals surface area contributed by atoms with Gasteiger partial charge in [-0.05, 0) is 55.6 Å². The summed E-state index contributed by atoms with van der Waals surface area (Å²) in [5.41, 5.74) is 7.49. The van der Waals surface area contributed by atoms with Gasteiger partial charge in [0.05, 0.1) is 23.6 Å². The Morgan fingerprint density at radius 3 is 2.60 bits per heavy atom. The molecular formula is C18H21ClN4O2. The zero-order valence-electron chi connectivity index (χ0n) is 13.9. The topological polar surface area (TPSA) is 90.4 Å². The highest BCUT2D eigenvalue weighted by Crippen LogP contribution is 2.44. The van der Waals surface area contributed by atoms with E-state index in [0.29, 0.717) is 11.5 Å². The lowest BCUT2D eigenvalue weighted by molar-refractivity contribution is -0.125. The van der Waals surface area contributed by atoms with Crippen LogP contribution in [0.1, 0.15) is 36.3 Å². The lowest BCUT2D eigenvalue weighted by atomic mass is 9.83. The van der Waals surface area contributed by atoms with E-state index < -0.39 is 11.8 Å². The first kappa shape index (κ1) is 17.7. The van der Waals surface area contributed by atoms with Gasteiger partial charge in [0, 0.05) is 18.7 Å². The number of hydrogen-bond donors (Lipinski definition) is 1. The SMILES string of the molecule is Cl.N#Cc1ccc2c(c1)C(CC(N)=O)C(=O)N2C1CN2CCC1CC2. The molecule has 2 unspecified atom stereocenters. The number of benzene rings is 1. The van der Waals surface area contributed by atoms with Crippen LogP contribution >= 0.6 is 12.4 Å². The molecule has 1 aromatic rings. The molecule has 0 spiro atoms. The van der Waals surface area contributed by atoms with Crippen LogP contribution in [0, 0.1) is 17.2 Å². The van der Waals surface area contributed by atoms with E-state index in [9.17, 15) is 9.59 Å². The van der Waals surface area contributed by atoms with Crippen LogP contribution in [-0.2, 0) is 9.59 Å². The molecule has 132 valence electrons. The van der Waals surface area contributed by atoms with Crippen molar-refractivity contribution >= 4 is 29.9 Å². The third kappa shape index (κ3) is 2.88. The summed E-state index contributed by atoms with van der Waals surface area (Å²) in [4.78, 5) is 28.8. The van der Waals surface area contributed by atoms with Crippen LogP contribution < -0.4 is 10.6 Å². The van der Waals surface area contributed by atoms with E-state index in [-0.39, 0.29) is 30.8 Å². The number of nitrogens with zero attached hydrogens (tertiary/aromatic N) is 3. The van der Waals surface area contributed by atoms with E-state index in [1.165, 1.54) is 0 Å². The molecule has 2 atom stereocenters. The van der Waals surface area contributed by atoms with E-state index in [1.807, 2.05) is 11.0 Å². The standard InChI is InChI=1S/C18H20N4O2.ClH/c19-9-11-1-2-15-13(7-11)14(8-17(20)23)18(24)22(15)16-10-21-5-3-12(16)4-6-21;/h1-2,7,12,14,16H,3-6,8,10H2,(H2,20,23);1H. The minimum atomic E-state index is -0.554. The van der Waals surface area contributed by atoms with Gasteiger partial charge in [0.1, 0.15) is 0 Å². The fourth-order valence-corrected chi connectivity index (χ4v) is 4.51. The molecule has 1 aromatic carbocycles. The first-order valence-corrected chi connectivity index (χ1v) is 8.46. The van der Waals surface area contributed by atoms with E-state index in [1.54, 1.807) is 12.1 Å². The monoisotopic (exact) mass is 360 g/mol. The largest absolute Gasteiger partial charge is 0.370 e. The van der Waals surface area contributed by atoms with Crippen molar-refractivity contribution in [2.24, 2.45) is 11.7 Å². The van der Waals surface area contributed by atoms with Gasteiger partial charge >= 0.3 is 0 Å².